The fourth-order valence-corrected chi connectivity index (χ4v) is 15.5. The number of ether oxygens (including phenoxy) is 1. The number of nitrogens with zero attached hydrogens (tertiary/aromatic N) is 1. The first kappa shape index (κ1) is 46.4. The quantitative estimate of drug-likeness (QED) is 0.131. The minimum atomic E-state index is -0.838. The van der Waals surface area contributed by atoms with Gasteiger partial charge in [0, 0.05) is 36.9 Å². The monoisotopic (exact) mass is 784 g/mol. The maximum Gasteiger partial charge on any atom is 1.00 e. The van der Waals surface area contributed by atoms with Crippen molar-refractivity contribution in [3.05, 3.63) is 12.2 Å². The Hall–Kier alpha value is -1.62. The van der Waals surface area contributed by atoms with Gasteiger partial charge in [0.25, 0.3) is 0 Å². The van der Waals surface area contributed by atoms with Crippen molar-refractivity contribution in [1.29, 1.82) is 0 Å². The molecule has 6 saturated carbocycles. The summed E-state index contributed by atoms with van der Waals surface area (Å²) in [5.41, 5.74) is 0.00610. The van der Waals surface area contributed by atoms with Gasteiger partial charge in [0.15, 0.2) is 0 Å². The molecule has 0 aromatic carbocycles. The summed E-state index contributed by atoms with van der Waals surface area (Å²) in [5.74, 6) is 2.38. The summed E-state index contributed by atoms with van der Waals surface area (Å²) < 4.78 is 6.24. The van der Waals surface area contributed by atoms with Gasteiger partial charge in [-0.3, -0.25) is 20.7 Å². The summed E-state index contributed by atoms with van der Waals surface area (Å²) in [6.45, 7) is 28.9. The molecule has 12 atom stereocenters. The summed E-state index contributed by atoms with van der Waals surface area (Å²) in [6.07, 6.45) is 16.6. The fourth-order valence-electron chi connectivity index (χ4n) is 15.5. The topological polar surface area (TPSA) is 123 Å². The summed E-state index contributed by atoms with van der Waals surface area (Å²) >= 11 is 0. The van der Waals surface area contributed by atoms with Crippen LogP contribution in [0.25, 0.3) is 0 Å². The Kier molecular flexibility index (Phi) is 12.8. The molecular formula is C48H76LiN2O6-. The molecule has 0 aromatic heterocycles. The third-order valence-electron chi connectivity index (χ3n) is 19.1. The first-order valence-electron chi connectivity index (χ1n) is 22.4. The van der Waals surface area contributed by atoms with E-state index in [2.05, 4.69) is 72.2 Å². The van der Waals surface area contributed by atoms with E-state index in [0.717, 1.165) is 90.1 Å². The maximum absolute atomic E-state index is 15.0. The smallest absolute Gasteiger partial charge is 0.870 e. The standard InChI is InChI=1S/C48H75N2O5.Li.H2O/c1-30(2)31-17-22-48(41(54)49-36-27-33(43(36,5)6)40(53)50-25-13-12-14-26-50)24-23-46(10)32(39(31)48)15-16-35-45(9)20-19-37(55-38(52)28-42(3,4)29-51)44(7,8)34(45)18-21-47(35,46)11;;/h31-37,39H,1,12-28H2,2-11H3,(H,49,54);;1H2/q-1;+1;/p-1/t31-,32?,33+,34?,35?,36?,37-,39?,45-,46+,47+,48-;;/m0../s1. The molecule has 1 saturated heterocycles. The molecule has 7 aliphatic rings. The van der Waals surface area contributed by atoms with Gasteiger partial charge in [0.05, 0.1) is 5.41 Å². The Labute approximate surface area is 357 Å². The van der Waals surface area contributed by atoms with E-state index in [1.54, 1.807) is 13.8 Å². The van der Waals surface area contributed by atoms with Gasteiger partial charge in [0.1, 0.15) is 6.10 Å². The molecule has 0 aromatic rings. The molecule has 8 nitrogen and oxygen atoms in total. The first-order chi connectivity index (χ1) is 25.6. The van der Waals surface area contributed by atoms with Crippen molar-refractivity contribution in [2.75, 3.05) is 13.1 Å². The van der Waals surface area contributed by atoms with Crippen molar-refractivity contribution in [3.63, 3.8) is 0 Å². The van der Waals surface area contributed by atoms with Gasteiger partial charge >= 0.3 is 24.8 Å². The van der Waals surface area contributed by atoms with Crippen LogP contribution in [0.5, 0.6) is 0 Å². The third-order valence-corrected chi connectivity index (χ3v) is 19.1. The van der Waals surface area contributed by atoms with Crippen LogP contribution in [0.15, 0.2) is 12.2 Å². The minimum absolute atomic E-state index is 0. The Morgan fingerprint density at radius 1 is 0.825 bits per heavy atom. The van der Waals surface area contributed by atoms with E-state index in [9.17, 15) is 14.4 Å². The molecule has 1 heterocycles. The second kappa shape index (κ2) is 15.7. The average Bonchev–Trinajstić information content (AvgIpc) is 3.53. The normalized spacial score (nSPS) is 42.8. The molecule has 9 heteroatoms. The first-order valence-corrected chi connectivity index (χ1v) is 22.4. The number of hydrogen-bond acceptors (Lipinski definition) is 6. The molecule has 2 amide bonds. The number of amides is 2. The zero-order valence-corrected chi connectivity index (χ0v) is 37.8. The predicted molar refractivity (Wildman–Crippen MR) is 219 cm³/mol. The maximum atomic E-state index is 15.0. The molecule has 7 fully saturated rings. The molecule has 5 unspecified atom stereocenters. The van der Waals surface area contributed by atoms with Gasteiger partial charge in [-0.1, -0.05) is 74.5 Å². The van der Waals surface area contributed by atoms with Crippen LogP contribution < -0.4 is 24.2 Å². The second-order valence-electron chi connectivity index (χ2n) is 22.9. The Bertz CT molecular complexity index is 1590. The van der Waals surface area contributed by atoms with Gasteiger partial charge in [-0.05, 0) is 148 Å². The van der Waals surface area contributed by atoms with Crippen LogP contribution in [0.3, 0.4) is 0 Å². The number of carbonyl (C=O) groups is 3. The van der Waals surface area contributed by atoms with Crippen LogP contribution in [0, 0.1) is 73.4 Å². The number of piperidine rings is 1. The molecule has 2 N–H and O–H groups in total. The fraction of sp³-hybridized carbons (Fsp3) is 0.875. The zero-order chi connectivity index (χ0) is 40.1. The van der Waals surface area contributed by atoms with Gasteiger partial charge in [0.2, 0.25) is 11.8 Å². The number of hydrogen-bond donors (Lipinski definition) is 1. The molecule has 316 valence electrons. The predicted octanol–water partition coefficient (Wildman–Crippen LogP) is 6.45. The van der Waals surface area contributed by atoms with Gasteiger partial charge in [-0.15, -0.1) is 5.41 Å². The van der Waals surface area contributed by atoms with E-state index in [4.69, 9.17) is 4.74 Å². The molecule has 1 aliphatic heterocycles. The van der Waals surface area contributed by atoms with Crippen LogP contribution in [0.1, 0.15) is 166 Å². The Balaban J connectivity index is 0.00000310. The van der Waals surface area contributed by atoms with E-state index in [0.29, 0.717) is 35.5 Å². The van der Waals surface area contributed by atoms with Gasteiger partial charge < -0.3 is 25.2 Å². The van der Waals surface area contributed by atoms with E-state index in [-0.39, 0.29) is 93.2 Å². The van der Waals surface area contributed by atoms with E-state index in [1.165, 1.54) is 18.4 Å². The molecule has 0 radical (unpaired) electrons. The number of esters is 1. The number of nitrogens with one attached hydrogen (secondary N) is 1. The van der Waals surface area contributed by atoms with Gasteiger partial charge in [-0.25, -0.2) is 0 Å². The summed E-state index contributed by atoms with van der Waals surface area (Å²) in [4.78, 5) is 55.2. The van der Waals surface area contributed by atoms with Crippen LogP contribution in [0.2, 0.25) is 0 Å². The van der Waals surface area contributed by atoms with Crippen LogP contribution in [-0.4, -0.2) is 59.7 Å². The summed E-state index contributed by atoms with van der Waals surface area (Å²) in [6, 6.07) is 0.0297. The summed E-state index contributed by atoms with van der Waals surface area (Å²) in [5, 5.41) is 3.65. The molecule has 0 spiro atoms. The molecule has 0 bridgehead atoms. The van der Waals surface area contributed by atoms with Crippen molar-refractivity contribution in [2.24, 2.45) is 73.4 Å². The molecule has 57 heavy (non-hydrogen) atoms. The van der Waals surface area contributed by atoms with Gasteiger partial charge in [-0.2, -0.15) is 0 Å². The van der Waals surface area contributed by atoms with Crippen molar-refractivity contribution in [1.82, 2.24) is 10.2 Å². The van der Waals surface area contributed by atoms with Crippen molar-refractivity contribution in [2.45, 2.75) is 178 Å². The number of rotatable bonds is 8. The van der Waals surface area contributed by atoms with Crippen molar-refractivity contribution >= 4 is 24.1 Å². The number of allylic oxidation sites excluding steroid dienone is 1. The van der Waals surface area contributed by atoms with E-state index in [1.807, 2.05) is 6.29 Å². The molecule has 6 aliphatic carbocycles. The largest absolute Gasteiger partial charge is 1.00 e. The summed E-state index contributed by atoms with van der Waals surface area (Å²) in [7, 11) is 0. The van der Waals surface area contributed by atoms with E-state index < -0.39 is 5.41 Å². The Morgan fingerprint density at radius 3 is 2.11 bits per heavy atom. The van der Waals surface area contributed by atoms with Crippen molar-refractivity contribution < 1.29 is 48.3 Å². The number of fused-ring (bicyclic) bond motifs is 7. The van der Waals surface area contributed by atoms with E-state index >= 15 is 4.79 Å². The van der Waals surface area contributed by atoms with Crippen molar-refractivity contribution in [3.8, 4) is 0 Å². The van der Waals surface area contributed by atoms with Crippen LogP contribution in [-0.2, 0) is 23.9 Å². The minimum Gasteiger partial charge on any atom is -0.870 e. The SMILES string of the molecule is C=C(C)[C@@H]1CC[C@]2(C(=O)NC3C[C@H](C(=O)N4CCCCC4)C3(C)C)CC[C@]3(C)C(CCC4[C@@]5(C)CC[C@H](OC(=O)CC(C)(C)[C-]=O)C(C)(C)C5CC[C@]43C)C12.[Li+].[OH-]. The molecule has 7 rings (SSSR count). The second-order valence-corrected chi connectivity index (χ2v) is 22.9. The Morgan fingerprint density at radius 2 is 1.49 bits per heavy atom. The van der Waals surface area contributed by atoms with Crippen LogP contribution in [0.4, 0.5) is 0 Å². The average molecular weight is 784 g/mol. The number of carbonyl (C=O) groups excluding carboxylic acids is 4. The molecular weight excluding hydrogens is 707 g/mol. The third kappa shape index (κ3) is 7.06. The number of likely N-dealkylation sites (tertiary alicyclic amines) is 1. The zero-order valence-electron chi connectivity index (χ0n) is 37.8. The van der Waals surface area contributed by atoms with Crippen LogP contribution >= 0.6 is 0 Å².